The molecule has 3 aromatic rings. The molecule has 9 heteroatoms. The quantitative estimate of drug-likeness (QED) is 0.711. The number of benzene rings is 1. The number of hydrogen-bond acceptors (Lipinski definition) is 6. The number of rotatable bonds is 2. The summed E-state index contributed by atoms with van der Waals surface area (Å²) in [5, 5.41) is 3.20. The maximum atomic E-state index is 12.2. The fourth-order valence-corrected chi connectivity index (χ4v) is 4.36. The third-order valence-electron chi connectivity index (χ3n) is 3.00. The van der Waals surface area contributed by atoms with E-state index in [2.05, 4.69) is 10.3 Å². The second kappa shape index (κ2) is 5.27. The lowest BCUT2D eigenvalue weighted by atomic mass is 10.3. The second-order valence-electron chi connectivity index (χ2n) is 4.38. The molecule has 0 spiro atoms. The number of carbonyl (C=O) groups excluding carboxylic acids is 1. The minimum Gasteiger partial charge on any atom is -0.454 e. The van der Waals surface area contributed by atoms with Crippen LogP contribution in [0, 0.1) is 0 Å². The lowest BCUT2D eigenvalue weighted by Gasteiger charge is -1.98. The number of hydrogen-bond donors (Lipinski definition) is 1. The first-order valence-corrected chi connectivity index (χ1v) is 8.45. The van der Waals surface area contributed by atoms with E-state index < -0.39 is 0 Å². The number of fused-ring (bicyclic) bond motifs is 2. The number of nitrogens with one attached hydrogen (secondary N) is 1. The van der Waals surface area contributed by atoms with E-state index in [-0.39, 0.29) is 12.7 Å². The van der Waals surface area contributed by atoms with Crippen LogP contribution in [0.4, 0.5) is 5.13 Å². The van der Waals surface area contributed by atoms with Crippen LogP contribution in [0.25, 0.3) is 10.2 Å². The van der Waals surface area contributed by atoms with Crippen molar-refractivity contribution in [2.24, 2.45) is 0 Å². The molecule has 2 aromatic heterocycles. The van der Waals surface area contributed by atoms with Crippen LogP contribution in [0.5, 0.6) is 11.5 Å². The predicted molar refractivity (Wildman–Crippen MR) is 88.0 cm³/mol. The fraction of sp³-hybridized carbons (Fsp3) is 0.0769. The highest BCUT2D eigenvalue weighted by atomic mass is 35.5. The number of ether oxygens (including phenoxy) is 2. The Balaban J connectivity index is 1.64. The van der Waals surface area contributed by atoms with Gasteiger partial charge in [0.25, 0.3) is 5.91 Å². The van der Waals surface area contributed by atoms with Crippen molar-refractivity contribution in [3.05, 3.63) is 32.4 Å². The summed E-state index contributed by atoms with van der Waals surface area (Å²) in [6.45, 7) is 0.216. The Labute approximate surface area is 142 Å². The van der Waals surface area contributed by atoms with Gasteiger partial charge in [-0.2, -0.15) is 0 Å². The van der Waals surface area contributed by atoms with Crippen LogP contribution in [-0.2, 0) is 0 Å². The van der Waals surface area contributed by atoms with Crippen LogP contribution in [-0.4, -0.2) is 17.7 Å². The molecule has 0 atom stereocenters. The highest BCUT2D eigenvalue weighted by molar-refractivity contribution is 7.22. The molecule has 22 heavy (non-hydrogen) atoms. The molecule has 0 bridgehead atoms. The van der Waals surface area contributed by atoms with Gasteiger partial charge in [0.15, 0.2) is 16.6 Å². The Morgan fingerprint density at radius 1 is 1.18 bits per heavy atom. The molecule has 0 radical (unpaired) electrons. The van der Waals surface area contributed by atoms with Crippen LogP contribution >= 0.6 is 45.9 Å². The monoisotopic (exact) mass is 372 g/mol. The maximum Gasteiger partial charge on any atom is 0.259 e. The minimum atomic E-state index is -0.341. The van der Waals surface area contributed by atoms with E-state index in [1.807, 2.05) is 6.07 Å². The van der Waals surface area contributed by atoms with E-state index in [0.717, 1.165) is 21.6 Å². The Hall–Kier alpha value is -1.54. The predicted octanol–water partition coefficient (Wildman–Crippen LogP) is 4.65. The average molecular weight is 373 g/mol. The fourth-order valence-electron chi connectivity index (χ4n) is 2.03. The van der Waals surface area contributed by atoms with Gasteiger partial charge in [-0.15, -0.1) is 11.3 Å². The lowest BCUT2D eigenvalue weighted by molar-refractivity contribution is 0.102. The van der Waals surface area contributed by atoms with E-state index in [0.29, 0.717) is 30.9 Å². The molecule has 112 valence electrons. The van der Waals surface area contributed by atoms with Crippen LogP contribution in [0.3, 0.4) is 0 Å². The summed E-state index contributed by atoms with van der Waals surface area (Å²) >= 11 is 14.3. The third-order valence-corrected chi connectivity index (χ3v) is 5.43. The zero-order chi connectivity index (χ0) is 15.3. The van der Waals surface area contributed by atoms with Gasteiger partial charge >= 0.3 is 0 Å². The molecule has 0 saturated heterocycles. The van der Waals surface area contributed by atoms with Gasteiger partial charge in [0, 0.05) is 12.1 Å². The van der Waals surface area contributed by atoms with Gasteiger partial charge in [0.2, 0.25) is 6.79 Å². The molecule has 0 aliphatic carbocycles. The molecular formula is C13H6Cl2N2O3S2. The summed E-state index contributed by atoms with van der Waals surface area (Å²) in [6, 6.07) is 5.17. The van der Waals surface area contributed by atoms with Gasteiger partial charge in [-0.3, -0.25) is 10.1 Å². The molecular weight excluding hydrogens is 367 g/mol. The molecule has 1 aromatic carbocycles. The summed E-state index contributed by atoms with van der Waals surface area (Å²) in [4.78, 5) is 16.6. The van der Waals surface area contributed by atoms with Crippen molar-refractivity contribution in [2.45, 2.75) is 0 Å². The Morgan fingerprint density at radius 3 is 2.68 bits per heavy atom. The lowest BCUT2D eigenvalue weighted by Crippen LogP contribution is -2.10. The highest BCUT2D eigenvalue weighted by Crippen LogP contribution is 2.39. The summed E-state index contributed by atoms with van der Waals surface area (Å²) in [7, 11) is 0. The van der Waals surface area contributed by atoms with Crippen LogP contribution in [0.2, 0.25) is 8.67 Å². The number of anilines is 1. The van der Waals surface area contributed by atoms with Gasteiger partial charge in [-0.1, -0.05) is 34.5 Å². The van der Waals surface area contributed by atoms with Crippen LogP contribution in [0.15, 0.2) is 18.2 Å². The van der Waals surface area contributed by atoms with E-state index in [9.17, 15) is 4.79 Å². The largest absolute Gasteiger partial charge is 0.454 e. The SMILES string of the molecule is O=C(Nc1nc2cc3c(cc2s1)OCO3)c1cc(Cl)sc1Cl. The molecule has 0 saturated carbocycles. The van der Waals surface area contributed by atoms with Crippen molar-refractivity contribution in [3.63, 3.8) is 0 Å². The van der Waals surface area contributed by atoms with Gasteiger partial charge in [0.1, 0.15) is 4.34 Å². The molecule has 0 fully saturated rings. The summed E-state index contributed by atoms with van der Waals surface area (Å²) in [6.07, 6.45) is 0. The minimum absolute atomic E-state index is 0.216. The zero-order valence-corrected chi connectivity index (χ0v) is 13.8. The van der Waals surface area contributed by atoms with Gasteiger partial charge < -0.3 is 9.47 Å². The summed E-state index contributed by atoms with van der Waals surface area (Å²) < 4.78 is 12.3. The normalized spacial score (nSPS) is 12.8. The molecule has 5 nitrogen and oxygen atoms in total. The Kier molecular flexibility index (Phi) is 3.37. The van der Waals surface area contributed by atoms with Crippen molar-refractivity contribution in [3.8, 4) is 11.5 Å². The van der Waals surface area contributed by atoms with Crippen LogP contribution < -0.4 is 14.8 Å². The Morgan fingerprint density at radius 2 is 1.95 bits per heavy atom. The number of thiophene rings is 1. The number of carbonyl (C=O) groups is 1. The van der Waals surface area contributed by atoms with E-state index in [4.69, 9.17) is 32.7 Å². The molecule has 3 heterocycles. The molecule has 1 N–H and O–H groups in total. The summed E-state index contributed by atoms with van der Waals surface area (Å²) in [5.41, 5.74) is 1.07. The number of nitrogens with zero attached hydrogens (tertiary/aromatic N) is 1. The topological polar surface area (TPSA) is 60.5 Å². The van der Waals surface area contributed by atoms with Gasteiger partial charge in [-0.05, 0) is 6.07 Å². The van der Waals surface area contributed by atoms with Crippen molar-refractivity contribution < 1.29 is 14.3 Å². The molecule has 1 aliphatic rings. The molecule has 0 unspecified atom stereocenters. The van der Waals surface area contributed by atoms with Crippen molar-refractivity contribution in [2.75, 3.05) is 12.1 Å². The van der Waals surface area contributed by atoms with Gasteiger partial charge in [-0.25, -0.2) is 4.98 Å². The molecule has 4 rings (SSSR count). The van der Waals surface area contributed by atoms with E-state index in [1.165, 1.54) is 17.4 Å². The molecule has 1 aliphatic heterocycles. The van der Waals surface area contributed by atoms with Crippen molar-refractivity contribution in [1.29, 1.82) is 0 Å². The smallest absolute Gasteiger partial charge is 0.259 e. The third kappa shape index (κ3) is 2.40. The number of halogens is 2. The first-order valence-electron chi connectivity index (χ1n) is 6.06. The molecule has 1 amide bonds. The second-order valence-corrected chi connectivity index (χ2v) is 7.70. The highest BCUT2D eigenvalue weighted by Gasteiger charge is 2.19. The first-order chi connectivity index (χ1) is 10.6. The van der Waals surface area contributed by atoms with E-state index in [1.54, 1.807) is 6.07 Å². The van der Waals surface area contributed by atoms with Crippen molar-refractivity contribution >= 4 is 67.1 Å². The Bertz CT molecular complexity index is 865. The van der Waals surface area contributed by atoms with E-state index >= 15 is 0 Å². The summed E-state index contributed by atoms with van der Waals surface area (Å²) in [5.74, 6) is 0.997. The van der Waals surface area contributed by atoms with Crippen LogP contribution in [0.1, 0.15) is 10.4 Å². The number of aromatic nitrogens is 1. The zero-order valence-electron chi connectivity index (χ0n) is 10.7. The van der Waals surface area contributed by atoms with Gasteiger partial charge in [0.05, 0.1) is 20.1 Å². The number of thiazole rings is 1. The maximum absolute atomic E-state index is 12.2. The average Bonchev–Trinajstić information content (AvgIpc) is 3.13. The van der Waals surface area contributed by atoms with Crippen molar-refractivity contribution in [1.82, 2.24) is 4.98 Å². The standard InChI is InChI=1S/C13H6Cl2N2O3S2/c14-10-1-5(11(15)22-10)12(18)17-13-16-6-2-7-8(20-4-19-7)3-9(6)21-13/h1-3H,4H2,(H,16,17,18). The number of amides is 1. The first kappa shape index (κ1) is 14.1.